The second kappa shape index (κ2) is 7.32. The van der Waals surface area contributed by atoms with Crippen molar-refractivity contribution < 1.29 is 14.3 Å². The number of carbonyl (C=O) groups is 1. The Bertz CT molecular complexity index is 672. The van der Waals surface area contributed by atoms with Gasteiger partial charge in [0.2, 0.25) is 0 Å². The van der Waals surface area contributed by atoms with Gasteiger partial charge in [-0.25, -0.2) is 0 Å². The fraction of sp³-hybridized carbons (Fsp3) is 0.350. The van der Waals surface area contributed by atoms with Crippen LogP contribution in [0.25, 0.3) is 11.1 Å². The van der Waals surface area contributed by atoms with Gasteiger partial charge < -0.3 is 14.3 Å². The van der Waals surface area contributed by atoms with Crippen molar-refractivity contribution in [2.24, 2.45) is 0 Å². The zero-order chi connectivity index (χ0) is 16.1. The molecule has 0 N–H and O–H groups in total. The van der Waals surface area contributed by atoms with Crippen LogP contribution in [0.2, 0.25) is 0 Å². The maximum Gasteiger partial charge on any atom is 0.162 e. The molecule has 120 valence electrons. The molecule has 3 rings (SSSR count). The van der Waals surface area contributed by atoms with Crippen LogP contribution < -0.4 is 9.47 Å². The second-order valence-corrected chi connectivity index (χ2v) is 5.96. The van der Waals surface area contributed by atoms with E-state index in [0.717, 1.165) is 47.3 Å². The van der Waals surface area contributed by atoms with Crippen molar-refractivity contribution in [1.82, 2.24) is 0 Å². The van der Waals surface area contributed by atoms with E-state index < -0.39 is 0 Å². The lowest BCUT2D eigenvalue weighted by molar-refractivity contribution is -0.107. The van der Waals surface area contributed by atoms with E-state index in [4.69, 9.17) is 9.47 Å². The molecule has 0 bridgehead atoms. The van der Waals surface area contributed by atoms with E-state index in [-0.39, 0.29) is 0 Å². The standard InChI is InChI=1S/C20H22O3/c1-22-19-10-9-17(14-20(19)23-18-7-2-3-8-18)16-6-4-5-15(13-16)11-12-21/h4-6,9-10,12-14,18H,2-3,7-8,11H2,1H3. The summed E-state index contributed by atoms with van der Waals surface area (Å²) in [4.78, 5) is 10.7. The third-order valence-electron chi connectivity index (χ3n) is 4.34. The predicted octanol–water partition coefficient (Wildman–Crippen LogP) is 4.43. The number of methoxy groups -OCH3 is 1. The van der Waals surface area contributed by atoms with Crippen molar-refractivity contribution >= 4 is 6.29 Å². The molecule has 0 unspecified atom stereocenters. The van der Waals surface area contributed by atoms with E-state index in [1.54, 1.807) is 7.11 Å². The quantitative estimate of drug-likeness (QED) is 0.741. The Hall–Kier alpha value is -2.29. The number of rotatable bonds is 6. The molecule has 3 heteroatoms. The number of hydrogen-bond donors (Lipinski definition) is 0. The number of benzene rings is 2. The van der Waals surface area contributed by atoms with Gasteiger partial charge in [0.05, 0.1) is 13.2 Å². The second-order valence-electron chi connectivity index (χ2n) is 5.96. The summed E-state index contributed by atoms with van der Waals surface area (Å²) in [6.45, 7) is 0. The SMILES string of the molecule is COc1ccc(-c2cccc(CC=O)c2)cc1OC1CCCC1. The summed E-state index contributed by atoms with van der Waals surface area (Å²) in [5.74, 6) is 1.57. The van der Waals surface area contributed by atoms with Gasteiger partial charge in [-0.1, -0.05) is 30.3 Å². The number of hydrogen-bond acceptors (Lipinski definition) is 3. The molecule has 0 spiro atoms. The van der Waals surface area contributed by atoms with Crippen LogP contribution in [0.1, 0.15) is 31.2 Å². The molecule has 0 heterocycles. The highest BCUT2D eigenvalue weighted by Crippen LogP contribution is 2.35. The first-order valence-electron chi connectivity index (χ1n) is 8.18. The van der Waals surface area contributed by atoms with Gasteiger partial charge in [-0.3, -0.25) is 0 Å². The average Bonchev–Trinajstić information content (AvgIpc) is 3.08. The number of ether oxygens (including phenoxy) is 2. The Balaban J connectivity index is 1.90. The zero-order valence-corrected chi connectivity index (χ0v) is 13.5. The Morgan fingerprint density at radius 2 is 1.83 bits per heavy atom. The molecule has 2 aromatic rings. The highest BCUT2D eigenvalue weighted by molar-refractivity contribution is 5.69. The van der Waals surface area contributed by atoms with Gasteiger partial charge >= 0.3 is 0 Å². The summed E-state index contributed by atoms with van der Waals surface area (Å²) in [6, 6.07) is 14.1. The van der Waals surface area contributed by atoms with Crippen LogP contribution in [0.5, 0.6) is 11.5 Å². The van der Waals surface area contributed by atoms with Gasteiger partial charge in [-0.15, -0.1) is 0 Å². The Morgan fingerprint density at radius 3 is 2.57 bits per heavy atom. The van der Waals surface area contributed by atoms with Crippen LogP contribution >= 0.6 is 0 Å². The van der Waals surface area contributed by atoms with Crippen LogP contribution in [0.15, 0.2) is 42.5 Å². The van der Waals surface area contributed by atoms with Crippen molar-refractivity contribution in [1.29, 1.82) is 0 Å². The largest absolute Gasteiger partial charge is 0.493 e. The van der Waals surface area contributed by atoms with Crippen LogP contribution in [-0.2, 0) is 11.2 Å². The Labute approximate surface area is 137 Å². The molecule has 3 nitrogen and oxygen atoms in total. The molecule has 0 aromatic heterocycles. The lowest BCUT2D eigenvalue weighted by atomic mass is 10.0. The summed E-state index contributed by atoms with van der Waals surface area (Å²) in [5, 5.41) is 0. The van der Waals surface area contributed by atoms with Crippen LogP contribution in [0.3, 0.4) is 0 Å². The summed E-state index contributed by atoms with van der Waals surface area (Å²) in [7, 11) is 1.67. The van der Waals surface area contributed by atoms with E-state index in [2.05, 4.69) is 12.1 Å². The van der Waals surface area contributed by atoms with Gasteiger partial charge in [-0.2, -0.15) is 0 Å². The average molecular weight is 310 g/mol. The molecule has 0 amide bonds. The molecular weight excluding hydrogens is 288 g/mol. The predicted molar refractivity (Wildman–Crippen MR) is 91.1 cm³/mol. The smallest absolute Gasteiger partial charge is 0.162 e. The molecule has 23 heavy (non-hydrogen) atoms. The van der Waals surface area contributed by atoms with E-state index in [0.29, 0.717) is 12.5 Å². The van der Waals surface area contributed by atoms with E-state index >= 15 is 0 Å². The highest BCUT2D eigenvalue weighted by atomic mass is 16.5. The summed E-state index contributed by atoms with van der Waals surface area (Å²) in [6.07, 6.45) is 6.36. The van der Waals surface area contributed by atoms with Crippen LogP contribution in [0, 0.1) is 0 Å². The molecule has 0 aliphatic heterocycles. The molecule has 1 saturated carbocycles. The minimum absolute atomic E-state index is 0.292. The van der Waals surface area contributed by atoms with Crippen molar-refractivity contribution in [3.8, 4) is 22.6 Å². The molecule has 0 saturated heterocycles. The Morgan fingerprint density at radius 1 is 1.04 bits per heavy atom. The summed E-state index contributed by atoms with van der Waals surface area (Å²) in [5.41, 5.74) is 3.18. The lowest BCUT2D eigenvalue weighted by Gasteiger charge is -2.17. The van der Waals surface area contributed by atoms with Crippen LogP contribution in [-0.4, -0.2) is 19.5 Å². The maximum atomic E-state index is 10.7. The van der Waals surface area contributed by atoms with Crippen molar-refractivity contribution in [3.05, 3.63) is 48.0 Å². The van der Waals surface area contributed by atoms with Crippen molar-refractivity contribution in [3.63, 3.8) is 0 Å². The van der Waals surface area contributed by atoms with Crippen molar-refractivity contribution in [2.75, 3.05) is 7.11 Å². The molecule has 1 fully saturated rings. The first kappa shape index (κ1) is 15.6. The number of aldehydes is 1. The first-order chi connectivity index (χ1) is 11.3. The third kappa shape index (κ3) is 3.73. The fourth-order valence-corrected chi connectivity index (χ4v) is 3.11. The monoisotopic (exact) mass is 310 g/mol. The molecule has 0 radical (unpaired) electrons. The highest BCUT2D eigenvalue weighted by Gasteiger charge is 2.18. The molecular formula is C20H22O3. The maximum absolute atomic E-state index is 10.7. The Kier molecular flexibility index (Phi) is 4.96. The molecule has 1 aliphatic carbocycles. The summed E-state index contributed by atoms with van der Waals surface area (Å²) >= 11 is 0. The van der Waals surface area contributed by atoms with E-state index in [1.165, 1.54) is 12.8 Å². The van der Waals surface area contributed by atoms with E-state index in [9.17, 15) is 4.79 Å². The van der Waals surface area contributed by atoms with Gasteiger partial charge in [0.1, 0.15) is 6.29 Å². The van der Waals surface area contributed by atoms with Gasteiger partial charge in [0, 0.05) is 6.42 Å². The molecule has 2 aromatic carbocycles. The van der Waals surface area contributed by atoms with Crippen LogP contribution in [0.4, 0.5) is 0 Å². The minimum Gasteiger partial charge on any atom is -0.493 e. The van der Waals surface area contributed by atoms with E-state index in [1.807, 2.05) is 30.3 Å². The lowest BCUT2D eigenvalue weighted by Crippen LogP contribution is -2.11. The third-order valence-corrected chi connectivity index (χ3v) is 4.34. The molecule has 1 aliphatic rings. The van der Waals surface area contributed by atoms with Crippen molar-refractivity contribution in [2.45, 2.75) is 38.2 Å². The van der Waals surface area contributed by atoms with Gasteiger partial charge in [0.15, 0.2) is 11.5 Å². The molecule has 0 atom stereocenters. The number of carbonyl (C=O) groups excluding carboxylic acids is 1. The first-order valence-corrected chi connectivity index (χ1v) is 8.18. The minimum atomic E-state index is 0.292. The summed E-state index contributed by atoms with van der Waals surface area (Å²) < 4.78 is 11.6. The zero-order valence-electron chi connectivity index (χ0n) is 13.5. The van der Waals surface area contributed by atoms with Gasteiger partial charge in [-0.05, 0) is 54.5 Å². The topological polar surface area (TPSA) is 35.5 Å². The normalized spacial score (nSPS) is 14.7. The fourth-order valence-electron chi connectivity index (χ4n) is 3.11. The van der Waals surface area contributed by atoms with Gasteiger partial charge in [0.25, 0.3) is 0 Å².